The number of rotatable bonds is 5. The zero-order valence-electron chi connectivity index (χ0n) is 16.0. The Balaban J connectivity index is 1.41. The summed E-state index contributed by atoms with van der Waals surface area (Å²) in [6.07, 6.45) is 1.97. The number of nitrogen functional groups attached to an aromatic ring is 1. The number of benzene rings is 1. The fraction of sp³-hybridized carbons (Fsp3) is 0.286. The number of pyridine rings is 1. The molecule has 1 saturated heterocycles. The molecule has 0 bridgehead atoms. The number of hydrogen-bond acceptors (Lipinski definition) is 4. The van der Waals surface area contributed by atoms with Crippen molar-refractivity contribution in [2.75, 3.05) is 18.8 Å². The lowest BCUT2D eigenvalue weighted by atomic mass is 9.99. The number of aryl methyl sites for hydroxylation is 1. The van der Waals surface area contributed by atoms with Gasteiger partial charge in [0, 0.05) is 43.4 Å². The molecule has 3 heterocycles. The van der Waals surface area contributed by atoms with Gasteiger partial charge in [-0.3, -0.25) is 14.5 Å². The van der Waals surface area contributed by atoms with Crippen LogP contribution in [0.2, 0.25) is 0 Å². The maximum absolute atomic E-state index is 14.1. The molecule has 2 N–H and O–H groups in total. The number of likely N-dealkylation sites (tertiary alicyclic amines) is 1. The van der Waals surface area contributed by atoms with Gasteiger partial charge in [0.1, 0.15) is 11.6 Å². The first-order valence-corrected chi connectivity index (χ1v) is 9.37. The van der Waals surface area contributed by atoms with E-state index in [2.05, 4.69) is 10.1 Å². The van der Waals surface area contributed by atoms with E-state index in [0.29, 0.717) is 36.1 Å². The Kier molecular flexibility index (Phi) is 5.00. The number of amides is 1. The van der Waals surface area contributed by atoms with Crippen molar-refractivity contribution in [1.29, 1.82) is 0 Å². The Morgan fingerprint density at radius 1 is 1.21 bits per heavy atom. The minimum atomic E-state index is -0.709. The summed E-state index contributed by atoms with van der Waals surface area (Å²) in [5, 5.41) is 4.37. The van der Waals surface area contributed by atoms with Gasteiger partial charge in [-0.1, -0.05) is 0 Å². The lowest BCUT2D eigenvalue weighted by molar-refractivity contribution is -0.137. The highest BCUT2D eigenvalue weighted by Gasteiger charge is 2.31. The molecule has 1 aromatic carbocycles. The number of carbonyl (C=O) groups excluding carboxylic acids is 1. The van der Waals surface area contributed by atoms with Crippen LogP contribution in [0, 0.1) is 24.5 Å². The molecule has 1 amide bonds. The minimum Gasteiger partial charge on any atom is -0.397 e. The summed E-state index contributed by atoms with van der Waals surface area (Å²) >= 11 is 0. The van der Waals surface area contributed by atoms with Gasteiger partial charge < -0.3 is 10.6 Å². The summed E-state index contributed by atoms with van der Waals surface area (Å²) in [5.41, 5.74) is 8.18. The summed E-state index contributed by atoms with van der Waals surface area (Å²) in [6.45, 7) is 4.03. The second-order valence-electron chi connectivity index (χ2n) is 7.38. The van der Waals surface area contributed by atoms with Gasteiger partial charge in [0.15, 0.2) is 0 Å². The maximum atomic E-state index is 14.1. The SMILES string of the molecule is Cc1ccn(CC2CN(C(=O)Cc3nc(-c4ccc(F)cc4F)ccc3N)C2)n1. The van der Waals surface area contributed by atoms with Crippen LogP contribution in [0.3, 0.4) is 0 Å². The van der Waals surface area contributed by atoms with Crippen LogP contribution in [0.4, 0.5) is 14.5 Å². The zero-order chi connectivity index (χ0) is 20.5. The summed E-state index contributed by atoms with van der Waals surface area (Å²) in [5.74, 6) is -1.08. The number of carbonyl (C=O) groups is 1. The first kappa shape index (κ1) is 19.0. The molecular formula is C21H21F2N5O. The predicted molar refractivity (Wildman–Crippen MR) is 105 cm³/mol. The Hall–Kier alpha value is -3.29. The number of hydrogen-bond donors (Lipinski definition) is 1. The molecule has 150 valence electrons. The lowest BCUT2D eigenvalue weighted by Gasteiger charge is -2.39. The van der Waals surface area contributed by atoms with E-state index >= 15 is 0 Å². The topological polar surface area (TPSA) is 77.0 Å². The van der Waals surface area contributed by atoms with Gasteiger partial charge in [-0.25, -0.2) is 8.78 Å². The van der Waals surface area contributed by atoms with E-state index in [1.165, 1.54) is 12.1 Å². The van der Waals surface area contributed by atoms with E-state index < -0.39 is 11.6 Å². The Morgan fingerprint density at radius 3 is 2.69 bits per heavy atom. The lowest BCUT2D eigenvalue weighted by Crippen LogP contribution is -2.52. The molecule has 0 saturated carbocycles. The van der Waals surface area contributed by atoms with Gasteiger partial charge in [-0.15, -0.1) is 0 Å². The average Bonchev–Trinajstić information content (AvgIpc) is 3.05. The van der Waals surface area contributed by atoms with Crippen molar-refractivity contribution in [2.45, 2.75) is 19.9 Å². The van der Waals surface area contributed by atoms with E-state index in [-0.39, 0.29) is 17.9 Å². The van der Waals surface area contributed by atoms with Gasteiger partial charge in [0.05, 0.1) is 29.2 Å². The standard InChI is InChI=1S/C21H21F2N5O/c1-13-6-7-28(26-13)12-14-10-27(11-14)21(29)9-20-18(24)4-5-19(25-20)16-3-2-15(22)8-17(16)23/h2-8,14H,9-12,24H2,1H3. The summed E-state index contributed by atoms with van der Waals surface area (Å²) in [7, 11) is 0. The largest absolute Gasteiger partial charge is 0.397 e. The van der Waals surface area contributed by atoms with Crippen LogP contribution in [0.25, 0.3) is 11.3 Å². The van der Waals surface area contributed by atoms with Crippen LogP contribution in [0.15, 0.2) is 42.6 Å². The Morgan fingerprint density at radius 2 is 2.00 bits per heavy atom. The minimum absolute atomic E-state index is 0.0378. The van der Waals surface area contributed by atoms with Gasteiger partial charge in [-0.05, 0) is 37.3 Å². The Labute approximate surface area is 167 Å². The van der Waals surface area contributed by atoms with E-state index in [0.717, 1.165) is 18.3 Å². The molecule has 0 atom stereocenters. The van der Waals surface area contributed by atoms with E-state index in [1.54, 1.807) is 17.0 Å². The molecule has 3 aromatic rings. The smallest absolute Gasteiger partial charge is 0.228 e. The van der Waals surface area contributed by atoms with Crippen molar-refractivity contribution < 1.29 is 13.6 Å². The first-order valence-electron chi connectivity index (χ1n) is 9.37. The molecule has 6 nitrogen and oxygen atoms in total. The van der Waals surface area contributed by atoms with E-state index in [1.807, 2.05) is 23.9 Å². The molecule has 0 spiro atoms. The van der Waals surface area contributed by atoms with Crippen molar-refractivity contribution in [1.82, 2.24) is 19.7 Å². The number of nitrogens with zero attached hydrogens (tertiary/aromatic N) is 4. The number of aromatic nitrogens is 3. The second-order valence-corrected chi connectivity index (χ2v) is 7.38. The molecule has 0 radical (unpaired) electrons. The zero-order valence-corrected chi connectivity index (χ0v) is 16.0. The van der Waals surface area contributed by atoms with Gasteiger partial charge >= 0.3 is 0 Å². The number of nitrogens with two attached hydrogens (primary N) is 1. The fourth-order valence-electron chi connectivity index (χ4n) is 3.47. The van der Waals surface area contributed by atoms with Crippen LogP contribution in [0.1, 0.15) is 11.4 Å². The van der Waals surface area contributed by atoms with Crippen LogP contribution in [0.5, 0.6) is 0 Å². The molecule has 29 heavy (non-hydrogen) atoms. The van der Waals surface area contributed by atoms with Crippen LogP contribution in [-0.2, 0) is 17.8 Å². The Bertz CT molecular complexity index is 1060. The first-order chi connectivity index (χ1) is 13.9. The molecule has 1 aliphatic heterocycles. The highest BCUT2D eigenvalue weighted by molar-refractivity contribution is 5.81. The summed E-state index contributed by atoms with van der Waals surface area (Å²) in [4.78, 5) is 18.7. The molecular weight excluding hydrogens is 376 g/mol. The van der Waals surface area contributed by atoms with Gasteiger partial charge in [0.2, 0.25) is 5.91 Å². The third kappa shape index (κ3) is 4.11. The molecule has 0 aliphatic carbocycles. The molecule has 1 aliphatic rings. The van der Waals surface area contributed by atoms with Crippen molar-refractivity contribution in [3.63, 3.8) is 0 Å². The van der Waals surface area contributed by atoms with Crippen molar-refractivity contribution in [2.24, 2.45) is 5.92 Å². The summed E-state index contributed by atoms with van der Waals surface area (Å²) in [6, 6.07) is 8.40. The predicted octanol–water partition coefficient (Wildman–Crippen LogP) is 2.82. The second kappa shape index (κ2) is 7.62. The van der Waals surface area contributed by atoms with Crippen molar-refractivity contribution in [3.8, 4) is 11.3 Å². The van der Waals surface area contributed by atoms with Crippen molar-refractivity contribution in [3.05, 3.63) is 65.6 Å². The van der Waals surface area contributed by atoms with Crippen LogP contribution >= 0.6 is 0 Å². The molecule has 2 aromatic heterocycles. The quantitative estimate of drug-likeness (QED) is 0.718. The highest BCUT2D eigenvalue weighted by Crippen LogP contribution is 2.25. The third-order valence-corrected chi connectivity index (χ3v) is 5.06. The number of anilines is 1. The molecule has 8 heteroatoms. The molecule has 1 fully saturated rings. The highest BCUT2D eigenvalue weighted by atomic mass is 19.1. The van der Waals surface area contributed by atoms with E-state index in [4.69, 9.17) is 5.73 Å². The fourth-order valence-corrected chi connectivity index (χ4v) is 3.47. The molecule has 0 unspecified atom stereocenters. The van der Waals surface area contributed by atoms with Crippen LogP contribution in [-0.4, -0.2) is 38.7 Å². The maximum Gasteiger partial charge on any atom is 0.228 e. The number of halogens is 2. The monoisotopic (exact) mass is 397 g/mol. The van der Waals surface area contributed by atoms with Crippen LogP contribution < -0.4 is 5.73 Å². The molecule has 4 rings (SSSR count). The van der Waals surface area contributed by atoms with Crippen molar-refractivity contribution >= 4 is 11.6 Å². The van der Waals surface area contributed by atoms with Gasteiger partial charge in [-0.2, -0.15) is 5.10 Å². The third-order valence-electron chi connectivity index (χ3n) is 5.06. The average molecular weight is 397 g/mol. The van der Waals surface area contributed by atoms with E-state index in [9.17, 15) is 13.6 Å². The summed E-state index contributed by atoms with van der Waals surface area (Å²) < 4.78 is 29.1. The normalized spacial score (nSPS) is 14.1. The van der Waals surface area contributed by atoms with Gasteiger partial charge in [0.25, 0.3) is 0 Å².